The molecule has 7 nitrogen and oxygen atoms in total. The first-order valence-electron chi connectivity index (χ1n) is 22.5. The van der Waals surface area contributed by atoms with Crippen molar-refractivity contribution in [3.8, 4) is 33.8 Å². The topological polar surface area (TPSA) is 89.2 Å². The van der Waals surface area contributed by atoms with E-state index in [1.165, 1.54) is 0 Å². The maximum Gasteiger partial charge on any atom is 0.160 e. The zero-order valence-electron chi connectivity index (χ0n) is 37.6. The molecule has 0 spiro atoms. The summed E-state index contributed by atoms with van der Waals surface area (Å²) >= 11 is 0. The van der Waals surface area contributed by atoms with E-state index < -0.39 is 0 Å². The van der Waals surface area contributed by atoms with Crippen LogP contribution in [0.4, 0.5) is 0 Å². The molecule has 0 unspecified atom stereocenters. The standard InChI is InChI=1S/C61H43N7/c1-5-6-9-41-12-23-49-30-33-53(66-56(49)38(41)2)44-17-13-42(14-18-44)39(3)64-61(52-28-21-46(22-29-52)55-35-32-51-27-25-48-11-8-37-63-58(48)60(51)68-55)65-40(4)43-15-19-45(20-16-43)54-34-31-50-26-24-47-10-7-36-62-57(47)59(50)67-54/h5-37H,2,4H2,1,3H3/b6-5-,41-9-,64-39?,65-61?. The molecule has 0 aliphatic heterocycles. The average molecular weight is 874 g/mol. The van der Waals surface area contributed by atoms with Crippen LogP contribution in [0.25, 0.3) is 107 Å². The fourth-order valence-corrected chi connectivity index (χ4v) is 8.62. The largest absolute Gasteiger partial charge is 0.254 e. The van der Waals surface area contributed by atoms with E-state index >= 15 is 0 Å². The van der Waals surface area contributed by atoms with Crippen LogP contribution in [0.3, 0.4) is 0 Å². The van der Waals surface area contributed by atoms with Gasteiger partial charge in [-0.1, -0.05) is 171 Å². The SMILES string of the molecule is C=C(N=C(N=C(C)c1ccc(-c2ccc3cc/c(=C/C=C\C)c(=C)c3n2)cc1)c1ccc(-c2ccc3ccc4cccnc4c3n2)cc1)c1ccc(-c2ccc3ccc4cccnc4c3n2)cc1. The van der Waals surface area contributed by atoms with Crippen molar-refractivity contribution >= 4 is 84.4 Å². The molecule has 68 heavy (non-hydrogen) atoms. The molecule has 5 aromatic heterocycles. The van der Waals surface area contributed by atoms with E-state index in [2.05, 4.69) is 163 Å². The molecule has 0 saturated heterocycles. The summed E-state index contributed by atoms with van der Waals surface area (Å²) in [5.74, 6) is 0.536. The van der Waals surface area contributed by atoms with Gasteiger partial charge in [0.15, 0.2) is 5.84 Å². The van der Waals surface area contributed by atoms with Crippen LogP contribution < -0.4 is 10.4 Å². The number of nitrogens with zero attached hydrogens (tertiary/aromatic N) is 7. The highest BCUT2D eigenvalue weighted by molar-refractivity contribution is 6.13. The summed E-state index contributed by atoms with van der Waals surface area (Å²) in [5, 5.41) is 7.23. The number of fused-ring (bicyclic) bond motifs is 7. The third-order valence-corrected chi connectivity index (χ3v) is 12.4. The number of pyridine rings is 5. The predicted octanol–water partition coefficient (Wildman–Crippen LogP) is 13.1. The third kappa shape index (κ3) is 8.03. The molecule has 0 aliphatic rings. The number of hydrogen-bond donors (Lipinski definition) is 0. The lowest BCUT2D eigenvalue weighted by atomic mass is 10.0. The molecule has 0 atom stereocenters. The highest BCUT2D eigenvalue weighted by atomic mass is 14.9. The van der Waals surface area contributed by atoms with Gasteiger partial charge in [-0.3, -0.25) is 9.97 Å². The van der Waals surface area contributed by atoms with Crippen LogP contribution in [0.1, 0.15) is 30.5 Å². The summed E-state index contributed by atoms with van der Waals surface area (Å²) in [6.07, 6.45) is 9.72. The molecule has 0 saturated carbocycles. The number of aromatic nitrogens is 5. The van der Waals surface area contributed by atoms with Gasteiger partial charge in [0, 0.05) is 72.5 Å². The van der Waals surface area contributed by atoms with E-state index in [1.54, 1.807) is 0 Å². The van der Waals surface area contributed by atoms with Crippen molar-refractivity contribution in [1.82, 2.24) is 24.9 Å². The second-order valence-electron chi connectivity index (χ2n) is 16.7. The summed E-state index contributed by atoms with van der Waals surface area (Å²) in [6.45, 7) is 12.8. The van der Waals surface area contributed by atoms with Crippen LogP contribution in [-0.2, 0) is 0 Å². The second kappa shape index (κ2) is 17.7. The van der Waals surface area contributed by atoms with Crippen LogP contribution in [0.5, 0.6) is 0 Å². The first-order valence-corrected chi connectivity index (χ1v) is 22.5. The van der Waals surface area contributed by atoms with Gasteiger partial charge in [0.2, 0.25) is 0 Å². The molecule has 0 N–H and O–H groups in total. The molecule has 0 aliphatic carbocycles. The van der Waals surface area contributed by atoms with Crippen LogP contribution in [0, 0.1) is 0 Å². The van der Waals surface area contributed by atoms with E-state index in [4.69, 9.17) is 24.9 Å². The second-order valence-corrected chi connectivity index (χ2v) is 16.7. The molecule has 6 aromatic carbocycles. The number of amidine groups is 1. The molecular weight excluding hydrogens is 831 g/mol. The maximum atomic E-state index is 5.20. The zero-order chi connectivity index (χ0) is 46.1. The average Bonchev–Trinajstić information content (AvgIpc) is 3.40. The normalized spacial score (nSPS) is 12.6. The van der Waals surface area contributed by atoms with E-state index in [9.17, 15) is 0 Å². The summed E-state index contributed by atoms with van der Waals surface area (Å²) in [6, 6.07) is 57.8. The van der Waals surface area contributed by atoms with E-state index in [0.717, 1.165) is 121 Å². The fourth-order valence-electron chi connectivity index (χ4n) is 8.62. The van der Waals surface area contributed by atoms with Crippen LogP contribution in [-0.4, -0.2) is 36.5 Å². The Morgan fingerprint density at radius 1 is 0.456 bits per heavy atom. The number of allylic oxidation sites excluding steroid dienone is 2. The van der Waals surface area contributed by atoms with Crippen molar-refractivity contribution < 1.29 is 0 Å². The molecule has 0 amide bonds. The van der Waals surface area contributed by atoms with E-state index in [0.29, 0.717) is 11.5 Å². The van der Waals surface area contributed by atoms with Crippen molar-refractivity contribution in [2.24, 2.45) is 9.98 Å². The minimum absolute atomic E-state index is 0.536. The Bertz CT molecular complexity index is 4000. The molecule has 0 radical (unpaired) electrons. The fraction of sp³-hybridized carbons (Fsp3) is 0.0328. The van der Waals surface area contributed by atoms with Gasteiger partial charge in [-0.25, -0.2) is 24.9 Å². The first-order chi connectivity index (χ1) is 33.4. The zero-order valence-corrected chi connectivity index (χ0v) is 37.6. The van der Waals surface area contributed by atoms with Crippen molar-refractivity contribution in [2.45, 2.75) is 13.8 Å². The minimum atomic E-state index is 0.536. The number of rotatable bonds is 8. The van der Waals surface area contributed by atoms with Gasteiger partial charge in [-0.05, 0) is 60.5 Å². The van der Waals surface area contributed by atoms with Gasteiger partial charge in [0.1, 0.15) is 0 Å². The maximum absolute atomic E-state index is 5.20. The van der Waals surface area contributed by atoms with E-state index in [-0.39, 0.29) is 0 Å². The molecule has 7 heteroatoms. The van der Waals surface area contributed by atoms with Crippen molar-refractivity contribution in [1.29, 1.82) is 0 Å². The van der Waals surface area contributed by atoms with E-state index in [1.807, 2.05) is 74.8 Å². The molecule has 11 rings (SSSR count). The lowest BCUT2D eigenvalue weighted by Gasteiger charge is -2.10. The van der Waals surface area contributed by atoms with Gasteiger partial charge in [0.05, 0.1) is 50.4 Å². The Kier molecular flexibility index (Phi) is 10.8. The van der Waals surface area contributed by atoms with Crippen molar-refractivity contribution in [2.75, 3.05) is 0 Å². The summed E-state index contributed by atoms with van der Waals surface area (Å²) in [4.78, 5) is 34.8. The molecule has 0 bridgehead atoms. The van der Waals surface area contributed by atoms with Crippen LogP contribution >= 0.6 is 0 Å². The Morgan fingerprint density at radius 3 is 1.40 bits per heavy atom. The Hall–Kier alpha value is -9.07. The smallest absolute Gasteiger partial charge is 0.160 e. The van der Waals surface area contributed by atoms with Gasteiger partial charge in [-0.2, -0.15) is 0 Å². The van der Waals surface area contributed by atoms with Crippen molar-refractivity contribution in [3.05, 3.63) is 228 Å². The van der Waals surface area contributed by atoms with Crippen LogP contribution in [0.2, 0.25) is 0 Å². The van der Waals surface area contributed by atoms with Crippen molar-refractivity contribution in [3.63, 3.8) is 0 Å². The highest BCUT2D eigenvalue weighted by Crippen LogP contribution is 2.30. The molecular formula is C61H43N7. The molecule has 11 aromatic rings. The number of aliphatic imine (C=N–C) groups is 2. The van der Waals surface area contributed by atoms with Crippen LogP contribution in [0.15, 0.2) is 211 Å². The summed E-state index contributed by atoms with van der Waals surface area (Å²) in [7, 11) is 0. The quantitative estimate of drug-likeness (QED) is 0.0862. The molecule has 0 fully saturated rings. The number of benzene rings is 6. The minimum Gasteiger partial charge on any atom is -0.254 e. The molecule has 5 heterocycles. The highest BCUT2D eigenvalue weighted by Gasteiger charge is 2.13. The van der Waals surface area contributed by atoms with Gasteiger partial charge >= 0.3 is 0 Å². The molecule has 322 valence electrons. The Morgan fingerprint density at radius 2 is 0.882 bits per heavy atom. The monoisotopic (exact) mass is 873 g/mol. The lowest BCUT2D eigenvalue weighted by Crippen LogP contribution is -2.24. The third-order valence-electron chi connectivity index (χ3n) is 12.4. The Labute approximate surface area is 393 Å². The summed E-state index contributed by atoms with van der Waals surface area (Å²) < 4.78 is 0. The van der Waals surface area contributed by atoms with Gasteiger partial charge in [0.25, 0.3) is 0 Å². The first kappa shape index (κ1) is 41.6. The van der Waals surface area contributed by atoms with Gasteiger partial charge < -0.3 is 0 Å². The van der Waals surface area contributed by atoms with Gasteiger partial charge in [-0.15, -0.1) is 0 Å². The number of hydrogen-bond acceptors (Lipinski definition) is 6. The summed E-state index contributed by atoms with van der Waals surface area (Å²) in [5.41, 5.74) is 14.0. The predicted molar refractivity (Wildman–Crippen MR) is 284 cm³/mol. The Balaban J connectivity index is 0.929. The lowest BCUT2D eigenvalue weighted by molar-refractivity contribution is 1.36.